The van der Waals surface area contributed by atoms with Crippen molar-refractivity contribution in [1.29, 1.82) is 0 Å². The molecule has 0 aliphatic carbocycles. The van der Waals surface area contributed by atoms with Gasteiger partial charge in [0.2, 0.25) is 0 Å². The molecule has 1 aromatic heterocycles. The Balaban J connectivity index is 1.78. The van der Waals surface area contributed by atoms with Crippen molar-refractivity contribution in [3.63, 3.8) is 0 Å². The average Bonchev–Trinajstić information content (AvgIpc) is 3.05. The first-order valence-electron chi connectivity index (χ1n) is 8.49. The van der Waals surface area contributed by atoms with E-state index in [9.17, 15) is 18.0 Å². The predicted molar refractivity (Wildman–Crippen MR) is 103 cm³/mol. The summed E-state index contributed by atoms with van der Waals surface area (Å²) in [5, 5.41) is 8.77. The van der Waals surface area contributed by atoms with Gasteiger partial charge in [-0.25, -0.2) is 4.98 Å². The minimum atomic E-state index is -4.42. The van der Waals surface area contributed by atoms with Crippen LogP contribution in [-0.2, 0) is 12.7 Å². The summed E-state index contributed by atoms with van der Waals surface area (Å²) in [6, 6.07) is 4.11. The number of alkyl halides is 3. The molecular weight excluding hydrogens is 391 g/mol. The molecule has 0 bridgehead atoms. The second kappa shape index (κ2) is 9.54. The molecule has 6 nitrogen and oxygen atoms in total. The molecule has 0 aliphatic rings. The number of nitrogens with one attached hydrogen (secondary N) is 2. The van der Waals surface area contributed by atoms with Gasteiger partial charge >= 0.3 is 6.18 Å². The maximum atomic E-state index is 12.6. The topological polar surface area (TPSA) is 69.6 Å². The third-order valence-corrected chi connectivity index (χ3v) is 4.63. The van der Waals surface area contributed by atoms with E-state index in [4.69, 9.17) is 0 Å². The molecule has 0 saturated heterocycles. The van der Waals surface area contributed by atoms with Gasteiger partial charge in [-0.05, 0) is 31.2 Å². The smallest absolute Gasteiger partial charge is 0.354 e. The zero-order valence-electron chi connectivity index (χ0n) is 15.8. The van der Waals surface area contributed by atoms with E-state index < -0.39 is 17.6 Å². The number of nitrogens with zero attached hydrogens (tertiary/aromatic N) is 3. The Morgan fingerprint density at radius 2 is 1.86 bits per heavy atom. The SMILES string of the molecule is CN=C(NCCNC(=O)c1ccc(C(F)(F)F)cc1)N(C)Cc1csc(C)n1. The van der Waals surface area contributed by atoms with Gasteiger partial charge in [0.1, 0.15) is 0 Å². The lowest BCUT2D eigenvalue weighted by Gasteiger charge is -2.21. The molecule has 2 rings (SSSR count). The van der Waals surface area contributed by atoms with Gasteiger partial charge < -0.3 is 15.5 Å². The highest BCUT2D eigenvalue weighted by Crippen LogP contribution is 2.29. The molecule has 0 unspecified atom stereocenters. The summed E-state index contributed by atoms with van der Waals surface area (Å²) < 4.78 is 37.7. The molecule has 2 N–H and O–H groups in total. The number of rotatable bonds is 6. The van der Waals surface area contributed by atoms with Crippen LogP contribution in [0.15, 0.2) is 34.6 Å². The number of hydrogen-bond donors (Lipinski definition) is 2. The van der Waals surface area contributed by atoms with Crippen LogP contribution in [0.2, 0.25) is 0 Å². The third-order valence-electron chi connectivity index (χ3n) is 3.81. The normalized spacial score (nSPS) is 12.0. The summed E-state index contributed by atoms with van der Waals surface area (Å²) in [5.41, 5.74) is 0.338. The van der Waals surface area contributed by atoms with Gasteiger partial charge in [0.25, 0.3) is 5.91 Å². The van der Waals surface area contributed by atoms with E-state index in [1.165, 1.54) is 0 Å². The Morgan fingerprint density at radius 3 is 2.39 bits per heavy atom. The van der Waals surface area contributed by atoms with E-state index in [0.717, 1.165) is 35.0 Å². The number of benzene rings is 1. The number of halogens is 3. The number of thiazole rings is 1. The van der Waals surface area contributed by atoms with Crippen molar-refractivity contribution in [2.24, 2.45) is 4.99 Å². The molecular formula is C18H22F3N5OS. The van der Waals surface area contributed by atoms with Gasteiger partial charge in [-0.2, -0.15) is 13.2 Å². The Labute approximate surface area is 165 Å². The molecule has 0 saturated carbocycles. The van der Waals surface area contributed by atoms with Gasteiger partial charge in [0.05, 0.1) is 22.8 Å². The van der Waals surface area contributed by atoms with Crippen LogP contribution >= 0.6 is 11.3 Å². The minimum absolute atomic E-state index is 0.174. The molecule has 1 heterocycles. The predicted octanol–water partition coefficient (Wildman–Crippen LogP) is 2.91. The molecule has 152 valence electrons. The maximum Gasteiger partial charge on any atom is 0.416 e. The van der Waals surface area contributed by atoms with Crippen LogP contribution in [0.1, 0.15) is 26.6 Å². The highest BCUT2D eigenvalue weighted by Gasteiger charge is 2.30. The number of aryl methyl sites for hydroxylation is 1. The molecule has 0 radical (unpaired) electrons. The van der Waals surface area contributed by atoms with Crippen molar-refractivity contribution >= 4 is 23.2 Å². The first-order chi connectivity index (χ1) is 13.2. The number of carbonyl (C=O) groups excluding carboxylic acids is 1. The summed E-state index contributed by atoms with van der Waals surface area (Å²) in [6.07, 6.45) is -4.42. The van der Waals surface area contributed by atoms with Crippen LogP contribution in [0.3, 0.4) is 0 Å². The standard InChI is InChI=1S/C18H22F3N5OS/c1-12-25-15(11-28-12)10-26(3)17(22-2)24-9-8-23-16(27)13-4-6-14(7-5-13)18(19,20)21/h4-7,11H,8-10H2,1-3H3,(H,22,24)(H,23,27). The summed E-state index contributed by atoms with van der Waals surface area (Å²) in [7, 11) is 3.54. The van der Waals surface area contributed by atoms with Crippen molar-refractivity contribution < 1.29 is 18.0 Å². The summed E-state index contributed by atoms with van der Waals surface area (Å²) in [4.78, 5) is 22.5. The Hall–Kier alpha value is -2.62. The number of carbonyl (C=O) groups is 1. The monoisotopic (exact) mass is 413 g/mol. The lowest BCUT2D eigenvalue weighted by atomic mass is 10.1. The number of guanidine groups is 1. The molecule has 0 atom stereocenters. The van der Waals surface area contributed by atoms with Crippen LogP contribution < -0.4 is 10.6 Å². The van der Waals surface area contributed by atoms with Crippen LogP contribution in [0.4, 0.5) is 13.2 Å². The molecule has 0 fully saturated rings. The first kappa shape index (κ1) is 21.7. The minimum Gasteiger partial charge on any atom is -0.354 e. The van der Waals surface area contributed by atoms with E-state index in [1.807, 2.05) is 24.3 Å². The molecule has 10 heteroatoms. The lowest BCUT2D eigenvalue weighted by Crippen LogP contribution is -2.42. The number of hydrogen-bond acceptors (Lipinski definition) is 4. The highest BCUT2D eigenvalue weighted by molar-refractivity contribution is 7.09. The van der Waals surface area contributed by atoms with Gasteiger partial charge in [-0.1, -0.05) is 0 Å². The van der Waals surface area contributed by atoms with Gasteiger partial charge in [0.15, 0.2) is 5.96 Å². The van der Waals surface area contributed by atoms with E-state index in [0.29, 0.717) is 25.6 Å². The van der Waals surface area contributed by atoms with Crippen molar-refractivity contribution in [3.8, 4) is 0 Å². The van der Waals surface area contributed by atoms with Crippen LogP contribution in [0, 0.1) is 6.92 Å². The molecule has 1 amide bonds. The van der Waals surface area contributed by atoms with E-state index in [2.05, 4.69) is 20.6 Å². The zero-order chi connectivity index (χ0) is 20.7. The maximum absolute atomic E-state index is 12.6. The van der Waals surface area contributed by atoms with Crippen molar-refractivity contribution in [3.05, 3.63) is 51.5 Å². The fourth-order valence-electron chi connectivity index (χ4n) is 2.45. The summed E-state index contributed by atoms with van der Waals surface area (Å²) in [6.45, 7) is 3.25. The fourth-order valence-corrected chi connectivity index (χ4v) is 3.05. The highest BCUT2D eigenvalue weighted by atomic mass is 32.1. The molecule has 1 aromatic carbocycles. The molecule has 0 spiro atoms. The Morgan fingerprint density at radius 1 is 1.21 bits per heavy atom. The zero-order valence-corrected chi connectivity index (χ0v) is 16.6. The second-order valence-corrected chi connectivity index (χ2v) is 7.08. The average molecular weight is 413 g/mol. The van der Waals surface area contributed by atoms with Gasteiger partial charge in [-0.3, -0.25) is 9.79 Å². The van der Waals surface area contributed by atoms with E-state index in [1.54, 1.807) is 18.4 Å². The second-order valence-electron chi connectivity index (χ2n) is 6.02. The van der Waals surface area contributed by atoms with Crippen LogP contribution in [0.5, 0.6) is 0 Å². The van der Waals surface area contributed by atoms with Crippen LogP contribution in [0.25, 0.3) is 0 Å². The largest absolute Gasteiger partial charge is 0.416 e. The van der Waals surface area contributed by atoms with E-state index >= 15 is 0 Å². The van der Waals surface area contributed by atoms with Crippen molar-refractivity contribution in [1.82, 2.24) is 20.5 Å². The number of amides is 1. The fraction of sp³-hybridized carbons (Fsp3) is 0.389. The van der Waals surface area contributed by atoms with Gasteiger partial charge in [0, 0.05) is 38.1 Å². The molecule has 0 aliphatic heterocycles. The van der Waals surface area contributed by atoms with Crippen molar-refractivity contribution in [2.75, 3.05) is 27.2 Å². The Kier molecular flexibility index (Phi) is 7.38. The third kappa shape index (κ3) is 6.22. The lowest BCUT2D eigenvalue weighted by molar-refractivity contribution is -0.137. The van der Waals surface area contributed by atoms with Crippen molar-refractivity contribution in [2.45, 2.75) is 19.6 Å². The Bertz CT molecular complexity index is 817. The molecule has 28 heavy (non-hydrogen) atoms. The number of aromatic nitrogens is 1. The summed E-state index contributed by atoms with van der Waals surface area (Å²) >= 11 is 1.58. The van der Waals surface area contributed by atoms with Gasteiger partial charge in [-0.15, -0.1) is 11.3 Å². The van der Waals surface area contributed by atoms with Crippen LogP contribution in [-0.4, -0.2) is 48.9 Å². The first-order valence-corrected chi connectivity index (χ1v) is 9.37. The van der Waals surface area contributed by atoms with E-state index in [-0.39, 0.29) is 5.56 Å². The summed E-state index contributed by atoms with van der Waals surface area (Å²) in [5.74, 6) is 0.214. The number of aliphatic imine (C=N–C) groups is 1. The quantitative estimate of drug-likeness (QED) is 0.434. The molecule has 2 aromatic rings.